The van der Waals surface area contributed by atoms with Crippen LogP contribution in [0.15, 0.2) is 48.5 Å². The minimum absolute atomic E-state index is 0.0144. The van der Waals surface area contributed by atoms with Crippen molar-refractivity contribution in [3.8, 4) is 0 Å². The zero-order valence-electron chi connectivity index (χ0n) is 16.2. The van der Waals surface area contributed by atoms with E-state index < -0.39 is 0 Å². The molecule has 3 rings (SSSR count). The summed E-state index contributed by atoms with van der Waals surface area (Å²) in [6.45, 7) is 5.60. The van der Waals surface area contributed by atoms with Gasteiger partial charge in [0, 0.05) is 37.7 Å². The first kappa shape index (κ1) is 20.4. The van der Waals surface area contributed by atoms with Crippen molar-refractivity contribution in [2.45, 2.75) is 19.9 Å². The predicted molar refractivity (Wildman–Crippen MR) is 111 cm³/mol. The van der Waals surface area contributed by atoms with E-state index in [1.807, 2.05) is 60.4 Å². The van der Waals surface area contributed by atoms with Crippen LogP contribution in [-0.2, 0) is 22.6 Å². The number of benzene rings is 2. The number of nitrogens with zero attached hydrogens (tertiary/aromatic N) is 2. The average Bonchev–Trinajstić information content (AvgIpc) is 2.69. The van der Waals surface area contributed by atoms with E-state index in [-0.39, 0.29) is 11.8 Å². The second-order valence-corrected chi connectivity index (χ2v) is 7.66. The van der Waals surface area contributed by atoms with E-state index in [4.69, 9.17) is 11.6 Å². The van der Waals surface area contributed by atoms with E-state index in [1.165, 1.54) is 5.56 Å². The van der Waals surface area contributed by atoms with Gasteiger partial charge in [0.2, 0.25) is 11.8 Å². The van der Waals surface area contributed by atoms with Gasteiger partial charge in [-0.05, 0) is 30.2 Å². The summed E-state index contributed by atoms with van der Waals surface area (Å²) in [6, 6.07) is 15.5. The summed E-state index contributed by atoms with van der Waals surface area (Å²) in [5.74, 6) is 0.133. The van der Waals surface area contributed by atoms with Crippen molar-refractivity contribution in [2.75, 3.05) is 32.7 Å². The monoisotopic (exact) mass is 399 g/mol. The number of amides is 2. The van der Waals surface area contributed by atoms with Gasteiger partial charge in [0.25, 0.3) is 0 Å². The third-order valence-corrected chi connectivity index (χ3v) is 5.18. The Hall–Kier alpha value is -2.37. The molecule has 2 aromatic rings. The number of carbonyl (C=O) groups excluding carboxylic acids is 2. The zero-order valence-corrected chi connectivity index (χ0v) is 16.9. The molecule has 0 bridgehead atoms. The number of nitrogens with one attached hydrogen (secondary N) is 1. The Morgan fingerprint density at radius 3 is 2.39 bits per heavy atom. The van der Waals surface area contributed by atoms with Crippen molar-refractivity contribution in [1.82, 2.24) is 15.1 Å². The van der Waals surface area contributed by atoms with E-state index in [2.05, 4.69) is 10.2 Å². The first-order valence-corrected chi connectivity index (χ1v) is 9.94. The van der Waals surface area contributed by atoms with Gasteiger partial charge >= 0.3 is 0 Å². The maximum absolute atomic E-state index is 12.5. The quantitative estimate of drug-likeness (QED) is 0.812. The fourth-order valence-corrected chi connectivity index (χ4v) is 3.47. The maximum atomic E-state index is 12.5. The normalized spacial score (nSPS) is 14.7. The number of hydrogen-bond donors (Lipinski definition) is 1. The first-order valence-electron chi connectivity index (χ1n) is 9.56. The number of rotatable bonds is 6. The van der Waals surface area contributed by atoms with Crippen LogP contribution in [-0.4, -0.2) is 54.3 Å². The van der Waals surface area contributed by atoms with Crippen LogP contribution >= 0.6 is 11.6 Å². The third-order valence-electron chi connectivity index (χ3n) is 4.95. The molecule has 1 aliphatic heterocycles. The third kappa shape index (κ3) is 6.08. The summed E-state index contributed by atoms with van der Waals surface area (Å²) in [5, 5.41) is 3.59. The largest absolute Gasteiger partial charge is 0.351 e. The molecule has 2 aromatic carbocycles. The number of halogens is 1. The number of carbonyl (C=O) groups is 2. The van der Waals surface area contributed by atoms with E-state index in [9.17, 15) is 9.59 Å². The molecule has 0 unspecified atom stereocenters. The summed E-state index contributed by atoms with van der Waals surface area (Å²) in [5.41, 5.74) is 3.21. The highest BCUT2D eigenvalue weighted by Crippen LogP contribution is 2.11. The first-order chi connectivity index (χ1) is 13.5. The highest BCUT2D eigenvalue weighted by molar-refractivity contribution is 6.30. The van der Waals surface area contributed by atoms with Gasteiger partial charge in [-0.1, -0.05) is 53.6 Å². The molecule has 2 amide bonds. The van der Waals surface area contributed by atoms with Crippen LogP contribution < -0.4 is 5.32 Å². The molecule has 1 heterocycles. The molecule has 5 nitrogen and oxygen atoms in total. The van der Waals surface area contributed by atoms with Crippen LogP contribution in [0.3, 0.4) is 0 Å². The molecule has 6 heteroatoms. The summed E-state index contributed by atoms with van der Waals surface area (Å²) in [6.07, 6.45) is 0.431. The Kier molecular flexibility index (Phi) is 7.06. The molecule has 1 N–H and O–H groups in total. The summed E-state index contributed by atoms with van der Waals surface area (Å²) in [7, 11) is 0. The average molecular weight is 400 g/mol. The predicted octanol–water partition coefficient (Wildman–Crippen LogP) is 2.65. The van der Waals surface area contributed by atoms with Crippen LogP contribution in [0.4, 0.5) is 0 Å². The number of aryl methyl sites for hydroxylation is 1. The lowest BCUT2D eigenvalue weighted by molar-refractivity contribution is -0.132. The van der Waals surface area contributed by atoms with Crippen molar-refractivity contribution in [1.29, 1.82) is 0 Å². The van der Waals surface area contributed by atoms with Gasteiger partial charge in [0.05, 0.1) is 13.0 Å². The van der Waals surface area contributed by atoms with Crippen molar-refractivity contribution < 1.29 is 9.59 Å². The van der Waals surface area contributed by atoms with Gasteiger partial charge in [-0.15, -0.1) is 0 Å². The Morgan fingerprint density at radius 1 is 1.00 bits per heavy atom. The smallest absolute Gasteiger partial charge is 0.234 e. The molecule has 0 aliphatic carbocycles. The molecule has 1 aliphatic rings. The van der Waals surface area contributed by atoms with Crippen molar-refractivity contribution in [3.05, 3.63) is 70.2 Å². The second kappa shape index (κ2) is 9.71. The molecule has 28 heavy (non-hydrogen) atoms. The number of hydrogen-bond acceptors (Lipinski definition) is 3. The standard InChI is InChI=1S/C22H26ClN3O2/c1-17-5-7-18(8-6-17)14-22(28)26-11-9-25(10-12-26)16-21(27)24-15-19-3-2-4-20(23)13-19/h2-8,13H,9-12,14-16H2,1H3,(H,24,27). The molecule has 0 aromatic heterocycles. The highest BCUT2D eigenvalue weighted by atomic mass is 35.5. The van der Waals surface area contributed by atoms with E-state index >= 15 is 0 Å². The summed E-state index contributed by atoms with van der Waals surface area (Å²) >= 11 is 5.96. The fraction of sp³-hybridized carbons (Fsp3) is 0.364. The number of piperazine rings is 1. The molecule has 1 fully saturated rings. The van der Waals surface area contributed by atoms with Gasteiger partial charge in [-0.25, -0.2) is 0 Å². The fourth-order valence-electron chi connectivity index (χ4n) is 3.25. The maximum Gasteiger partial charge on any atom is 0.234 e. The van der Waals surface area contributed by atoms with Crippen molar-refractivity contribution in [2.24, 2.45) is 0 Å². The minimum atomic E-state index is -0.0144. The molecular formula is C22H26ClN3O2. The second-order valence-electron chi connectivity index (χ2n) is 7.23. The summed E-state index contributed by atoms with van der Waals surface area (Å²) in [4.78, 5) is 28.6. The van der Waals surface area contributed by atoms with Crippen LogP contribution in [0.1, 0.15) is 16.7 Å². The van der Waals surface area contributed by atoms with Gasteiger partial charge in [-0.3, -0.25) is 14.5 Å². The lowest BCUT2D eigenvalue weighted by Gasteiger charge is -2.34. The van der Waals surface area contributed by atoms with Crippen LogP contribution in [0.25, 0.3) is 0 Å². The molecule has 0 radical (unpaired) electrons. The lowest BCUT2D eigenvalue weighted by Crippen LogP contribution is -2.51. The molecule has 148 valence electrons. The molecule has 0 spiro atoms. The minimum Gasteiger partial charge on any atom is -0.351 e. The van der Waals surface area contributed by atoms with Crippen molar-refractivity contribution >= 4 is 23.4 Å². The van der Waals surface area contributed by atoms with E-state index in [0.29, 0.717) is 50.7 Å². The molecule has 0 atom stereocenters. The molecule has 0 saturated carbocycles. The SMILES string of the molecule is Cc1ccc(CC(=O)N2CCN(CC(=O)NCc3cccc(Cl)c3)CC2)cc1. The van der Waals surface area contributed by atoms with Gasteiger partial charge in [-0.2, -0.15) is 0 Å². The Labute approximate surface area is 171 Å². The van der Waals surface area contributed by atoms with Crippen molar-refractivity contribution in [3.63, 3.8) is 0 Å². The Balaban J connectivity index is 1.39. The van der Waals surface area contributed by atoms with Crippen LogP contribution in [0.2, 0.25) is 5.02 Å². The highest BCUT2D eigenvalue weighted by Gasteiger charge is 2.22. The zero-order chi connectivity index (χ0) is 19.9. The van der Waals surface area contributed by atoms with Gasteiger partial charge in [0.15, 0.2) is 0 Å². The molecular weight excluding hydrogens is 374 g/mol. The van der Waals surface area contributed by atoms with E-state index in [0.717, 1.165) is 11.1 Å². The topological polar surface area (TPSA) is 52.7 Å². The van der Waals surface area contributed by atoms with Gasteiger partial charge in [0.1, 0.15) is 0 Å². The lowest BCUT2D eigenvalue weighted by atomic mass is 10.1. The Bertz CT molecular complexity index is 815. The molecule has 1 saturated heterocycles. The van der Waals surface area contributed by atoms with E-state index in [1.54, 1.807) is 0 Å². The summed E-state index contributed by atoms with van der Waals surface area (Å²) < 4.78 is 0. The Morgan fingerprint density at radius 2 is 1.71 bits per heavy atom. The van der Waals surface area contributed by atoms with Gasteiger partial charge < -0.3 is 10.2 Å². The van der Waals surface area contributed by atoms with Crippen LogP contribution in [0.5, 0.6) is 0 Å². The van der Waals surface area contributed by atoms with Crippen LogP contribution in [0, 0.1) is 6.92 Å².